The molecule has 0 saturated carbocycles. The van der Waals surface area contributed by atoms with Crippen molar-refractivity contribution in [2.24, 2.45) is 0 Å². The molecule has 0 N–H and O–H groups in total. The molecule has 0 fully saturated rings. The van der Waals surface area contributed by atoms with Crippen molar-refractivity contribution in [2.75, 3.05) is 14.2 Å². The first-order valence-corrected chi connectivity index (χ1v) is 8.15. The number of esters is 1. The van der Waals surface area contributed by atoms with Crippen LogP contribution in [-0.4, -0.2) is 20.2 Å². The van der Waals surface area contributed by atoms with Gasteiger partial charge in [0.05, 0.1) is 19.8 Å². The fraction of sp³-hybridized carbons (Fsp3) is 0.0870. The van der Waals surface area contributed by atoms with Gasteiger partial charge in [-0.05, 0) is 35.9 Å². The van der Waals surface area contributed by atoms with Crippen LogP contribution in [0.3, 0.4) is 0 Å². The summed E-state index contributed by atoms with van der Waals surface area (Å²) in [5.41, 5.74) is 3.80. The standard InChI is InChI=1S/C23H18O3/c1-25-20-12-6-8-17(16-20)14-15-19-11-7-13-21(23(24)26-2)22(19)18-9-4-3-5-10-18/h3-13,16H,1-2H3. The Morgan fingerprint density at radius 1 is 0.846 bits per heavy atom. The Bertz CT molecular complexity index is 979. The molecular formula is C23H18O3. The van der Waals surface area contributed by atoms with E-state index in [0.717, 1.165) is 28.0 Å². The number of methoxy groups -OCH3 is 2. The van der Waals surface area contributed by atoms with Gasteiger partial charge in [0.2, 0.25) is 0 Å². The number of hydrogen-bond donors (Lipinski definition) is 0. The van der Waals surface area contributed by atoms with Crippen LogP contribution in [0.15, 0.2) is 72.8 Å². The Morgan fingerprint density at radius 2 is 1.62 bits per heavy atom. The van der Waals surface area contributed by atoms with Crippen LogP contribution in [0.4, 0.5) is 0 Å². The second-order valence-electron chi connectivity index (χ2n) is 5.57. The van der Waals surface area contributed by atoms with Gasteiger partial charge in [-0.1, -0.05) is 54.3 Å². The van der Waals surface area contributed by atoms with Gasteiger partial charge >= 0.3 is 5.97 Å². The molecule has 3 rings (SSSR count). The largest absolute Gasteiger partial charge is 0.497 e. The zero-order chi connectivity index (χ0) is 18.4. The van der Waals surface area contributed by atoms with Gasteiger partial charge < -0.3 is 9.47 Å². The normalized spacial score (nSPS) is 9.77. The predicted octanol–water partition coefficient (Wildman–Crippen LogP) is 4.55. The fourth-order valence-corrected chi connectivity index (χ4v) is 2.69. The van der Waals surface area contributed by atoms with Crippen LogP contribution < -0.4 is 4.74 Å². The number of hydrogen-bond acceptors (Lipinski definition) is 3. The molecule has 0 amide bonds. The summed E-state index contributed by atoms with van der Waals surface area (Å²) in [4.78, 5) is 12.2. The summed E-state index contributed by atoms with van der Waals surface area (Å²) in [5, 5.41) is 0. The van der Waals surface area contributed by atoms with E-state index >= 15 is 0 Å². The van der Waals surface area contributed by atoms with Crippen LogP contribution in [0.5, 0.6) is 5.75 Å². The van der Waals surface area contributed by atoms with Crippen molar-refractivity contribution >= 4 is 5.97 Å². The van der Waals surface area contributed by atoms with Crippen molar-refractivity contribution in [3.63, 3.8) is 0 Å². The highest BCUT2D eigenvalue weighted by Crippen LogP contribution is 2.28. The molecule has 0 aliphatic heterocycles. The second-order valence-corrected chi connectivity index (χ2v) is 5.57. The van der Waals surface area contributed by atoms with Gasteiger partial charge in [0.1, 0.15) is 5.75 Å². The highest BCUT2D eigenvalue weighted by molar-refractivity contribution is 5.99. The molecule has 3 nitrogen and oxygen atoms in total. The summed E-state index contributed by atoms with van der Waals surface area (Å²) in [7, 11) is 3.01. The lowest BCUT2D eigenvalue weighted by Gasteiger charge is -2.10. The van der Waals surface area contributed by atoms with E-state index in [9.17, 15) is 4.79 Å². The van der Waals surface area contributed by atoms with E-state index in [2.05, 4.69) is 11.8 Å². The van der Waals surface area contributed by atoms with Gasteiger partial charge in [-0.15, -0.1) is 0 Å². The van der Waals surface area contributed by atoms with Gasteiger partial charge in [0.15, 0.2) is 0 Å². The van der Waals surface area contributed by atoms with E-state index in [1.54, 1.807) is 13.2 Å². The molecular weight excluding hydrogens is 324 g/mol. The average Bonchev–Trinajstić information content (AvgIpc) is 2.72. The third kappa shape index (κ3) is 3.76. The summed E-state index contributed by atoms with van der Waals surface area (Å²) in [6.45, 7) is 0. The summed E-state index contributed by atoms with van der Waals surface area (Å²) in [6.07, 6.45) is 0. The minimum absolute atomic E-state index is 0.381. The molecule has 0 atom stereocenters. The Hall–Kier alpha value is -3.51. The number of ether oxygens (including phenoxy) is 2. The van der Waals surface area contributed by atoms with Crippen molar-refractivity contribution in [3.8, 4) is 28.7 Å². The van der Waals surface area contributed by atoms with Gasteiger partial charge in [-0.25, -0.2) is 4.79 Å². The maximum atomic E-state index is 12.2. The average molecular weight is 342 g/mol. The zero-order valence-corrected chi connectivity index (χ0v) is 14.7. The Kier molecular flexibility index (Phi) is 5.36. The van der Waals surface area contributed by atoms with Gasteiger partial charge in [0, 0.05) is 16.7 Å². The zero-order valence-electron chi connectivity index (χ0n) is 14.7. The molecule has 0 unspecified atom stereocenters. The molecule has 0 aliphatic rings. The van der Waals surface area contributed by atoms with Crippen molar-refractivity contribution in [2.45, 2.75) is 0 Å². The van der Waals surface area contributed by atoms with Gasteiger partial charge in [-0.2, -0.15) is 0 Å². The number of benzene rings is 3. The van der Waals surface area contributed by atoms with Gasteiger partial charge in [-0.3, -0.25) is 0 Å². The van der Waals surface area contributed by atoms with Crippen LogP contribution in [-0.2, 0) is 4.74 Å². The topological polar surface area (TPSA) is 35.5 Å². The molecule has 0 aromatic heterocycles. The van der Waals surface area contributed by atoms with Crippen molar-refractivity contribution in [3.05, 3.63) is 89.5 Å². The van der Waals surface area contributed by atoms with E-state index in [4.69, 9.17) is 9.47 Å². The maximum Gasteiger partial charge on any atom is 0.338 e. The molecule has 0 spiro atoms. The van der Waals surface area contributed by atoms with E-state index in [1.807, 2.05) is 66.7 Å². The summed E-state index contributed by atoms with van der Waals surface area (Å²) < 4.78 is 10.2. The van der Waals surface area contributed by atoms with Crippen LogP contribution in [0, 0.1) is 11.8 Å². The number of carbonyl (C=O) groups excluding carboxylic acids is 1. The molecule has 3 heteroatoms. The fourth-order valence-electron chi connectivity index (χ4n) is 2.69. The first-order valence-electron chi connectivity index (χ1n) is 8.15. The molecule has 0 aliphatic carbocycles. The highest BCUT2D eigenvalue weighted by Gasteiger charge is 2.16. The molecule has 0 heterocycles. The van der Waals surface area contributed by atoms with Crippen LogP contribution in [0.1, 0.15) is 21.5 Å². The Balaban J connectivity index is 2.13. The van der Waals surface area contributed by atoms with Crippen LogP contribution in [0.2, 0.25) is 0 Å². The quantitative estimate of drug-likeness (QED) is 0.517. The first-order chi connectivity index (χ1) is 12.7. The minimum atomic E-state index is -0.381. The van der Waals surface area contributed by atoms with Crippen LogP contribution in [0.25, 0.3) is 11.1 Å². The van der Waals surface area contributed by atoms with E-state index in [1.165, 1.54) is 7.11 Å². The van der Waals surface area contributed by atoms with E-state index < -0.39 is 0 Å². The monoisotopic (exact) mass is 342 g/mol. The van der Waals surface area contributed by atoms with Crippen molar-refractivity contribution in [1.82, 2.24) is 0 Å². The molecule has 128 valence electrons. The molecule has 0 saturated heterocycles. The first kappa shape index (κ1) is 17.3. The SMILES string of the molecule is COC(=O)c1cccc(C#Cc2cccc(OC)c2)c1-c1ccccc1. The minimum Gasteiger partial charge on any atom is -0.497 e. The lowest BCUT2D eigenvalue weighted by Crippen LogP contribution is -2.05. The smallest absolute Gasteiger partial charge is 0.338 e. The van der Waals surface area contributed by atoms with Crippen molar-refractivity contribution in [1.29, 1.82) is 0 Å². The Morgan fingerprint density at radius 3 is 2.35 bits per heavy atom. The van der Waals surface area contributed by atoms with Crippen LogP contribution >= 0.6 is 0 Å². The van der Waals surface area contributed by atoms with Crippen molar-refractivity contribution < 1.29 is 14.3 Å². The number of rotatable bonds is 3. The molecule has 3 aromatic rings. The summed E-state index contributed by atoms with van der Waals surface area (Å²) in [6, 6.07) is 22.8. The maximum absolute atomic E-state index is 12.2. The predicted molar refractivity (Wildman–Crippen MR) is 102 cm³/mol. The lowest BCUT2D eigenvalue weighted by molar-refractivity contribution is 0.0601. The molecule has 0 radical (unpaired) electrons. The highest BCUT2D eigenvalue weighted by atomic mass is 16.5. The van der Waals surface area contributed by atoms with Gasteiger partial charge in [0.25, 0.3) is 0 Å². The molecule has 26 heavy (non-hydrogen) atoms. The summed E-state index contributed by atoms with van der Waals surface area (Å²) >= 11 is 0. The second kappa shape index (κ2) is 8.04. The summed E-state index contributed by atoms with van der Waals surface area (Å²) in [5.74, 6) is 6.71. The number of carbonyl (C=O) groups is 1. The lowest BCUT2D eigenvalue weighted by atomic mass is 9.94. The third-order valence-corrected chi connectivity index (χ3v) is 3.94. The molecule has 0 bridgehead atoms. The molecule has 3 aromatic carbocycles. The van der Waals surface area contributed by atoms with E-state index in [0.29, 0.717) is 5.56 Å². The van der Waals surface area contributed by atoms with E-state index in [-0.39, 0.29) is 5.97 Å². The third-order valence-electron chi connectivity index (χ3n) is 3.94. The Labute approximate surface area is 153 Å².